The van der Waals surface area contributed by atoms with Crippen molar-refractivity contribution in [2.75, 3.05) is 14.2 Å². The van der Waals surface area contributed by atoms with E-state index in [4.69, 9.17) is 9.47 Å². The van der Waals surface area contributed by atoms with Crippen LogP contribution < -0.4 is 4.74 Å². The third-order valence-electron chi connectivity index (χ3n) is 4.07. The van der Waals surface area contributed by atoms with Gasteiger partial charge in [-0.1, -0.05) is 42.5 Å². The molecule has 5 nitrogen and oxygen atoms in total. The number of esters is 1. The zero-order valence-electron chi connectivity index (χ0n) is 14.6. The first kappa shape index (κ1) is 18.2. The fraction of sp³-hybridized carbons (Fsp3) is 0.200. The monoisotopic (exact) mass is 414 g/mol. The van der Waals surface area contributed by atoms with Crippen LogP contribution in [0.4, 0.5) is 0 Å². The Morgan fingerprint density at radius 2 is 1.73 bits per heavy atom. The molecule has 0 spiro atoms. The lowest BCUT2D eigenvalue weighted by Gasteiger charge is -2.10. The van der Waals surface area contributed by atoms with Gasteiger partial charge in [0.1, 0.15) is 16.2 Å². The van der Waals surface area contributed by atoms with Gasteiger partial charge < -0.3 is 14.0 Å². The highest BCUT2D eigenvalue weighted by atomic mass is 79.9. The SMILES string of the molecule is COC(=O)c1nc(Cc2ccccc2)n(Cc2ccc(OC)cc2)c1Br. The summed E-state index contributed by atoms with van der Waals surface area (Å²) in [4.78, 5) is 16.6. The zero-order valence-corrected chi connectivity index (χ0v) is 16.2. The average molecular weight is 415 g/mol. The van der Waals surface area contributed by atoms with Gasteiger partial charge in [-0.25, -0.2) is 9.78 Å². The third-order valence-corrected chi connectivity index (χ3v) is 4.87. The van der Waals surface area contributed by atoms with Gasteiger partial charge in [0.25, 0.3) is 0 Å². The van der Waals surface area contributed by atoms with Crippen molar-refractivity contribution in [3.8, 4) is 5.75 Å². The number of hydrogen-bond acceptors (Lipinski definition) is 4. The van der Waals surface area contributed by atoms with Gasteiger partial charge >= 0.3 is 5.97 Å². The Balaban J connectivity index is 1.97. The number of halogens is 1. The van der Waals surface area contributed by atoms with Crippen molar-refractivity contribution in [1.29, 1.82) is 0 Å². The first-order valence-electron chi connectivity index (χ1n) is 8.12. The molecule has 0 aliphatic rings. The molecule has 6 heteroatoms. The van der Waals surface area contributed by atoms with Gasteiger partial charge in [-0.05, 0) is 39.2 Å². The summed E-state index contributed by atoms with van der Waals surface area (Å²) in [5.41, 5.74) is 2.49. The topological polar surface area (TPSA) is 53.3 Å². The number of carbonyl (C=O) groups excluding carboxylic acids is 1. The van der Waals surface area contributed by atoms with E-state index in [0.29, 0.717) is 17.6 Å². The van der Waals surface area contributed by atoms with E-state index in [1.165, 1.54) is 7.11 Å². The van der Waals surface area contributed by atoms with Gasteiger partial charge in [0.2, 0.25) is 0 Å². The molecule has 2 aromatic carbocycles. The number of hydrogen-bond donors (Lipinski definition) is 0. The molecule has 0 fully saturated rings. The van der Waals surface area contributed by atoms with Crippen molar-refractivity contribution in [3.63, 3.8) is 0 Å². The van der Waals surface area contributed by atoms with Crippen LogP contribution in [-0.2, 0) is 17.7 Å². The summed E-state index contributed by atoms with van der Waals surface area (Å²) >= 11 is 3.52. The van der Waals surface area contributed by atoms with E-state index in [9.17, 15) is 4.79 Å². The van der Waals surface area contributed by atoms with Crippen LogP contribution in [-0.4, -0.2) is 29.7 Å². The maximum Gasteiger partial charge on any atom is 0.359 e. The lowest BCUT2D eigenvalue weighted by Crippen LogP contribution is -2.06. The Labute approximate surface area is 160 Å². The fourth-order valence-corrected chi connectivity index (χ4v) is 3.27. The molecule has 0 radical (unpaired) electrons. The van der Waals surface area contributed by atoms with Crippen molar-refractivity contribution in [2.45, 2.75) is 13.0 Å². The van der Waals surface area contributed by atoms with Gasteiger partial charge in [-0.2, -0.15) is 0 Å². The molecule has 26 heavy (non-hydrogen) atoms. The maximum absolute atomic E-state index is 12.0. The number of nitrogens with zero attached hydrogens (tertiary/aromatic N) is 2. The summed E-state index contributed by atoms with van der Waals surface area (Å²) < 4.78 is 12.7. The maximum atomic E-state index is 12.0. The van der Waals surface area contributed by atoms with Crippen LogP contribution in [0.5, 0.6) is 5.75 Å². The Hall–Kier alpha value is -2.60. The van der Waals surface area contributed by atoms with E-state index in [0.717, 1.165) is 22.7 Å². The number of carbonyl (C=O) groups is 1. The van der Waals surface area contributed by atoms with Gasteiger partial charge in [-0.15, -0.1) is 0 Å². The summed E-state index contributed by atoms with van der Waals surface area (Å²) in [6.07, 6.45) is 0.618. The van der Waals surface area contributed by atoms with Gasteiger partial charge in [0, 0.05) is 13.0 Å². The number of rotatable bonds is 6. The largest absolute Gasteiger partial charge is 0.497 e. The van der Waals surface area contributed by atoms with E-state index in [1.54, 1.807) is 7.11 Å². The van der Waals surface area contributed by atoms with Crippen LogP contribution in [0.2, 0.25) is 0 Å². The quantitative estimate of drug-likeness (QED) is 0.570. The molecular formula is C20H19BrN2O3. The molecule has 0 saturated carbocycles. The minimum absolute atomic E-state index is 0.284. The molecule has 3 aromatic rings. The molecule has 0 bridgehead atoms. The summed E-state index contributed by atoms with van der Waals surface area (Å²) in [5, 5.41) is 0. The zero-order chi connectivity index (χ0) is 18.5. The molecular weight excluding hydrogens is 396 g/mol. The molecule has 0 saturated heterocycles. The van der Waals surface area contributed by atoms with Crippen molar-refractivity contribution in [2.24, 2.45) is 0 Å². The molecule has 3 rings (SSSR count). The predicted molar refractivity (Wildman–Crippen MR) is 103 cm³/mol. The van der Waals surface area contributed by atoms with Crippen LogP contribution in [0.25, 0.3) is 0 Å². The second-order valence-electron chi connectivity index (χ2n) is 5.76. The van der Waals surface area contributed by atoms with Gasteiger partial charge in [0.05, 0.1) is 14.2 Å². The molecule has 1 heterocycles. The highest BCUT2D eigenvalue weighted by Crippen LogP contribution is 2.24. The molecule has 0 unspecified atom stereocenters. The lowest BCUT2D eigenvalue weighted by molar-refractivity contribution is 0.0593. The van der Waals surface area contributed by atoms with Gasteiger partial charge in [0.15, 0.2) is 5.69 Å². The molecule has 1 aromatic heterocycles. The summed E-state index contributed by atoms with van der Waals surface area (Å²) in [6, 6.07) is 17.9. The third kappa shape index (κ3) is 3.96. The van der Waals surface area contributed by atoms with Crippen LogP contribution in [0.1, 0.15) is 27.4 Å². The number of imidazole rings is 1. The highest BCUT2D eigenvalue weighted by molar-refractivity contribution is 9.10. The molecule has 134 valence electrons. The number of ether oxygens (including phenoxy) is 2. The van der Waals surface area contributed by atoms with Crippen LogP contribution >= 0.6 is 15.9 Å². The summed E-state index contributed by atoms with van der Waals surface area (Å²) in [6.45, 7) is 0.580. The van der Waals surface area contributed by atoms with E-state index in [1.807, 2.05) is 59.2 Å². The Bertz CT molecular complexity index is 889. The van der Waals surface area contributed by atoms with E-state index < -0.39 is 5.97 Å². The predicted octanol–water partition coefficient (Wildman–Crippen LogP) is 4.08. The smallest absolute Gasteiger partial charge is 0.359 e. The molecule has 0 N–H and O–H groups in total. The van der Waals surface area contributed by atoms with Crippen molar-refractivity contribution < 1.29 is 14.3 Å². The molecule has 0 aliphatic carbocycles. The van der Waals surface area contributed by atoms with Crippen molar-refractivity contribution >= 4 is 21.9 Å². The van der Waals surface area contributed by atoms with Crippen molar-refractivity contribution in [1.82, 2.24) is 9.55 Å². The number of benzene rings is 2. The second kappa shape index (κ2) is 8.19. The van der Waals surface area contributed by atoms with E-state index in [-0.39, 0.29) is 5.69 Å². The number of methoxy groups -OCH3 is 2. The first-order valence-corrected chi connectivity index (χ1v) is 8.91. The lowest BCUT2D eigenvalue weighted by atomic mass is 10.1. The summed E-state index contributed by atoms with van der Waals surface area (Å²) in [5.74, 6) is 1.14. The van der Waals surface area contributed by atoms with Gasteiger partial charge in [-0.3, -0.25) is 0 Å². The molecule has 0 amide bonds. The minimum atomic E-state index is -0.459. The molecule has 0 aliphatic heterocycles. The number of aromatic nitrogens is 2. The first-order chi connectivity index (χ1) is 12.6. The Morgan fingerprint density at radius 1 is 1.04 bits per heavy atom. The van der Waals surface area contributed by atoms with Crippen molar-refractivity contribution in [3.05, 3.63) is 81.8 Å². The van der Waals surface area contributed by atoms with E-state index in [2.05, 4.69) is 20.9 Å². The second-order valence-corrected chi connectivity index (χ2v) is 6.51. The fourth-order valence-electron chi connectivity index (χ4n) is 2.69. The average Bonchev–Trinajstić information content (AvgIpc) is 2.98. The standard InChI is InChI=1S/C20H19BrN2O3/c1-25-16-10-8-15(9-11-16)13-23-17(12-14-6-4-3-5-7-14)22-18(19(23)21)20(24)26-2/h3-11H,12-13H2,1-2H3. The van der Waals surface area contributed by atoms with Crippen LogP contribution in [0.3, 0.4) is 0 Å². The van der Waals surface area contributed by atoms with Crippen LogP contribution in [0, 0.1) is 0 Å². The Morgan fingerprint density at radius 3 is 2.35 bits per heavy atom. The Kier molecular flexibility index (Phi) is 5.73. The summed E-state index contributed by atoms with van der Waals surface area (Å²) in [7, 11) is 3.00. The minimum Gasteiger partial charge on any atom is -0.497 e. The highest BCUT2D eigenvalue weighted by Gasteiger charge is 2.21. The van der Waals surface area contributed by atoms with E-state index >= 15 is 0 Å². The normalized spacial score (nSPS) is 10.6. The molecule has 0 atom stereocenters. The van der Waals surface area contributed by atoms with Crippen LogP contribution in [0.15, 0.2) is 59.2 Å².